The van der Waals surface area contributed by atoms with E-state index in [-0.39, 0.29) is 5.56 Å². The third-order valence-electron chi connectivity index (χ3n) is 2.82. The molecule has 1 N–H and O–H groups in total. The largest absolute Gasteiger partial charge is 0.497 e. The van der Waals surface area contributed by atoms with Gasteiger partial charge in [0, 0.05) is 11.8 Å². The summed E-state index contributed by atoms with van der Waals surface area (Å²) in [5, 5.41) is 11.9. The van der Waals surface area contributed by atoms with Crippen LogP contribution in [0, 0.1) is 11.3 Å². The summed E-state index contributed by atoms with van der Waals surface area (Å²) in [7, 11) is 1.51. The van der Waals surface area contributed by atoms with Gasteiger partial charge < -0.3 is 10.1 Å². The molecule has 0 radical (unpaired) electrons. The molecule has 0 spiro atoms. The van der Waals surface area contributed by atoms with E-state index in [1.807, 2.05) is 0 Å². The Hall–Kier alpha value is -2.68. The van der Waals surface area contributed by atoms with E-state index in [2.05, 4.69) is 5.32 Å². The highest BCUT2D eigenvalue weighted by Crippen LogP contribution is 2.32. The number of anilines is 2. The Morgan fingerprint density at radius 1 is 1.14 bits per heavy atom. The summed E-state index contributed by atoms with van der Waals surface area (Å²) < 4.78 is 42.9. The number of halogens is 3. The standard InChI is InChI=1S/C15H11F3N2O/c1-21-13-4-2-3-12(8-13)20-14-6-5-11(15(16,17)18)7-10(14)9-19/h2-8,20H,1H3. The monoisotopic (exact) mass is 292 g/mol. The summed E-state index contributed by atoms with van der Waals surface area (Å²) in [6, 6.07) is 11.6. The van der Waals surface area contributed by atoms with Gasteiger partial charge in [-0.1, -0.05) is 6.07 Å². The van der Waals surface area contributed by atoms with E-state index in [0.717, 1.165) is 12.1 Å². The van der Waals surface area contributed by atoms with Crippen LogP contribution < -0.4 is 10.1 Å². The molecule has 21 heavy (non-hydrogen) atoms. The number of ether oxygens (including phenoxy) is 1. The molecule has 108 valence electrons. The van der Waals surface area contributed by atoms with Crippen molar-refractivity contribution in [3.05, 3.63) is 53.6 Å². The van der Waals surface area contributed by atoms with Crippen molar-refractivity contribution in [3.63, 3.8) is 0 Å². The van der Waals surface area contributed by atoms with E-state index in [1.165, 1.54) is 13.2 Å². The molecule has 0 bridgehead atoms. The van der Waals surface area contributed by atoms with Gasteiger partial charge in [0.05, 0.1) is 23.9 Å². The Labute approximate surface area is 119 Å². The first kappa shape index (κ1) is 14.7. The molecule has 0 fully saturated rings. The van der Waals surface area contributed by atoms with Gasteiger partial charge in [0.1, 0.15) is 11.8 Å². The predicted octanol–water partition coefficient (Wildman–Crippen LogP) is 4.33. The van der Waals surface area contributed by atoms with E-state index >= 15 is 0 Å². The highest BCUT2D eigenvalue weighted by Gasteiger charge is 2.31. The second-order valence-corrected chi connectivity index (χ2v) is 4.23. The van der Waals surface area contributed by atoms with Crippen LogP contribution in [-0.4, -0.2) is 7.11 Å². The molecular weight excluding hydrogens is 281 g/mol. The number of alkyl halides is 3. The number of nitrogens with zero attached hydrogens (tertiary/aromatic N) is 1. The zero-order valence-corrected chi connectivity index (χ0v) is 11.0. The second-order valence-electron chi connectivity index (χ2n) is 4.23. The molecule has 0 saturated carbocycles. The van der Waals surface area contributed by atoms with Crippen LogP contribution in [0.5, 0.6) is 5.75 Å². The number of hydrogen-bond donors (Lipinski definition) is 1. The highest BCUT2D eigenvalue weighted by molar-refractivity contribution is 5.68. The molecule has 0 amide bonds. The zero-order valence-electron chi connectivity index (χ0n) is 11.0. The van der Waals surface area contributed by atoms with Crippen molar-refractivity contribution in [1.29, 1.82) is 5.26 Å². The summed E-state index contributed by atoms with van der Waals surface area (Å²) in [5.41, 5.74) is -0.00718. The van der Waals surface area contributed by atoms with Crippen LogP contribution in [0.2, 0.25) is 0 Å². The van der Waals surface area contributed by atoms with Crippen LogP contribution in [0.3, 0.4) is 0 Å². The summed E-state index contributed by atoms with van der Waals surface area (Å²) in [5.74, 6) is 0.602. The lowest BCUT2D eigenvalue weighted by Gasteiger charge is -2.12. The maximum atomic E-state index is 12.6. The van der Waals surface area contributed by atoms with Gasteiger partial charge in [-0.3, -0.25) is 0 Å². The molecule has 0 heterocycles. The SMILES string of the molecule is COc1cccc(Nc2ccc(C(F)(F)F)cc2C#N)c1. The van der Waals surface area contributed by atoms with Gasteiger partial charge in [-0.05, 0) is 30.3 Å². The molecule has 3 nitrogen and oxygen atoms in total. The molecule has 0 aromatic heterocycles. The van der Waals surface area contributed by atoms with Crippen molar-refractivity contribution in [2.45, 2.75) is 6.18 Å². The second kappa shape index (κ2) is 5.75. The van der Waals surface area contributed by atoms with Gasteiger partial charge >= 0.3 is 6.18 Å². The Morgan fingerprint density at radius 2 is 1.90 bits per heavy atom. The summed E-state index contributed by atoms with van der Waals surface area (Å²) in [4.78, 5) is 0. The van der Waals surface area contributed by atoms with Crippen LogP contribution in [-0.2, 0) is 6.18 Å². The first-order chi connectivity index (χ1) is 9.94. The van der Waals surface area contributed by atoms with Crippen LogP contribution in [0.1, 0.15) is 11.1 Å². The number of nitrogens with one attached hydrogen (secondary N) is 1. The van der Waals surface area contributed by atoms with Gasteiger partial charge in [0.15, 0.2) is 0 Å². The molecular formula is C15H11F3N2O. The van der Waals surface area contributed by atoms with E-state index < -0.39 is 11.7 Å². The van der Waals surface area contributed by atoms with E-state index in [9.17, 15) is 13.2 Å². The van der Waals surface area contributed by atoms with Crippen LogP contribution in [0.4, 0.5) is 24.5 Å². The summed E-state index contributed by atoms with van der Waals surface area (Å²) >= 11 is 0. The Balaban J connectivity index is 2.34. The van der Waals surface area contributed by atoms with Crippen molar-refractivity contribution in [2.75, 3.05) is 12.4 Å². The predicted molar refractivity (Wildman–Crippen MR) is 72.4 cm³/mol. The fourth-order valence-electron chi connectivity index (χ4n) is 1.78. The van der Waals surface area contributed by atoms with Gasteiger partial charge in [-0.2, -0.15) is 18.4 Å². The quantitative estimate of drug-likeness (QED) is 0.915. The average molecular weight is 292 g/mol. The maximum Gasteiger partial charge on any atom is 0.416 e. The number of nitriles is 1. The Morgan fingerprint density at radius 3 is 2.52 bits per heavy atom. The molecule has 6 heteroatoms. The Kier molecular flexibility index (Phi) is 4.03. The molecule has 0 aliphatic carbocycles. The molecule has 2 rings (SSSR count). The third-order valence-corrected chi connectivity index (χ3v) is 2.82. The number of rotatable bonds is 3. The van der Waals surface area contributed by atoms with Gasteiger partial charge in [0.2, 0.25) is 0 Å². The van der Waals surface area contributed by atoms with Gasteiger partial charge in [-0.25, -0.2) is 0 Å². The lowest BCUT2D eigenvalue weighted by atomic mass is 10.1. The summed E-state index contributed by atoms with van der Waals surface area (Å²) in [6.45, 7) is 0. The van der Waals surface area contributed by atoms with Gasteiger partial charge in [0.25, 0.3) is 0 Å². The third kappa shape index (κ3) is 3.45. The fourth-order valence-corrected chi connectivity index (χ4v) is 1.78. The van der Waals surface area contributed by atoms with Crippen molar-refractivity contribution in [2.24, 2.45) is 0 Å². The number of methoxy groups -OCH3 is 1. The van der Waals surface area contributed by atoms with E-state index in [0.29, 0.717) is 17.1 Å². The number of hydrogen-bond acceptors (Lipinski definition) is 3. The Bertz CT molecular complexity index is 690. The molecule has 0 saturated heterocycles. The molecule has 2 aromatic rings. The van der Waals surface area contributed by atoms with E-state index in [1.54, 1.807) is 30.3 Å². The maximum absolute atomic E-state index is 12.6. The van der Waals surface area contributed by atoms with Crippen LogP contribution >= 0.6 is 0 Å². The molecule has 2 aromatic carbocycles. The van der Waals surface area contributed by atoms with E-state index in [4.69, 9.17) is 10.00 Å². The number of benzene rings is 2. The first-order valence-electron chi connectivity index (χ1n) is 5.96. The molecule has 0 unspecified atom stereocenters. The van der Waals surface area contributed by atoms with Crippen LogP contribution in [0.15, 0.2) is 42.5 Å². The van der Waals surface area contributed by atoms with Crippen molar-refractivity contribution in [3.8, 4) is 11.8 Å². The minimum Gasteiger partial charge on any atom is -0.497 e. The topological polar surface area (TPSA) is 45.0 Å². The highest BCUT2D eigenvalue weighted by atomic mass is 19.4. The van der Waals surface area contributed by atoms with Crippen molar-refractivity contribution >= 4 is 11.4 Å². The smallest absolute Gasteiger partial charge is 0.416 e. The average Bonchev–Trinajstić information content (AvgIpc) is 2.46. The fraction of sp³-hybridized carbons (Fsp3) is 0.133. The lowest BCUT2D eigenvalue weighted by Crippen LogP contribution is -2.06. The lowest BCUT2D eigenvalue weighted by molar-refractivity contribution is -0.137. The normalized spacial score (nSPS) is 10.8. The molecule has 0 atom stereocenters. The van der Waals surface area contributed by atoms with Crippen molar-refractivity contribution in [1.82, 2.24) is 0 Å². The van der Waals surface area contributed by atoms with Gasteiger partial charge in [-0.15, -0.1) is 0 Å². The molecule has 0 aliphatic rings. The first-order valence-corrected chi connectivity index (χ1v) is 5.96. The molecule has 0 aliphatic heterocycles. The van der Waals surface area contributed by atoms with Crippen molar-refractivity contribution < 1.29 is 17.9 Å². The van der Waals surface area contributed by atoms with Crippen LogP contribution in [0.25, 0.3) is 0 Å². The zero-order chi connectivity index (χ0) is 15.5. The summed E-state index contributed by atoms with van der Waals surface area (Å²) in [6.07, 6.45) is -4.47. The minimum atomic E-state index is -4.47. The minimum absolute atomic E-state index is 0.0763.